The van der Waals surface area contributed by atoms with Crippen molar-refractivity contribution >= 4 is 44.6 Å². The van der Waals surface area contributed by atoms with Crippen LogP contribution in [-0.4, -0.2) is 33.0 Å². The summed E-state index contributed by atoms with van der Waals surface area (Å²) in [5, 5.41) is 7.97. The van der Waals surface area contributed by atoms with Crippen LogP contribution < -0.4 is 15.6 Å². The van der Waals surface area contributed by atoms with Crippen molar-refractivity contribution in [2.24, 2.45) is 5.10 Å². The molecule has 1 amide bonds. The van der Waals surface area contributed by atoms with Crippen molar-refractivity contribution < 1.29 is 9.53 Å². The SMILES string of the molecule is CC[C@@H](C)c1nc2ccc(Br)cc2c(=O)n1N=Cc1cc(C)n(-c2ccc(OCC(=O)Nc3ccccc3)cc2)c1C. The number of nitrogens with one attached hydrogen (secondary N) is 1. The summed E-state index contributed by atoms with van der Waals surface area (Å²) in [6.45, 7) is 8.07. The third-order valence-electron chi connectivity index (χ3n) is 7.19. The Balaban J connectivity index is 1.37. The number of anilines is 1. The lowest BCUT2D eigenvalue weighted by atomic mass is 10.1. The molecule has 0 fully saturated rings. The molecule has 2 heterocycles. The molecule has 2 aromatic heterocycles. The molecule has 0 radical (unpaired) electrons. The first kappa shape index (κ1) is 29.0. The highest BCUT2D eigenvalue weighted by Crippen LogP contribution is 2.24. The van der Waals surface area contributed by atoms with Crippen LogP contribution >= 0.6 is 15.9 Å². The molecule has 1 N–H and O–H groups in total. The second-order valence-corrected chi connectivity index (χ2v) is 11.1. The molecule has 0 bridgehead atoms. The summed E-state index contributed by atoms with van der Waals surface area (Å²) in [5.74, 6) is 1.06. The van der Waals surface area contributed by atoms with Crippen LogP contribution in [0.1, 0.15) is 49.0 Å². The van der Waals surface area contributed by atoms with E-state index < -0.39 is 0 Å². The maximum Gasteiger partial charge on any atom is 0.282 e. The number of para-hydroxylation sites is 1. The van der Waals surface area contributed by atoms with Crippen LogP contribution in [0.2, 0.25) is 0 Å². The third kappa shape index (κ3) is 6.21. The smallest absolute Gasteiger partial charge is 0.282 e. The lowest BCUT2D eigenvalue weighted by molar-refractivity contribution is -0.118. The molecule has 0 spiro atoms. The fraction of sp³-hybridized carbons (Fsp3) is 0.212. The predicted molar refractivity (Wildman–Crippen MR) is 171 cm³/mol. The van der Waals surface area contributed by atoms with Gasteiger partial charge >= 0.3 is 0 Å². The molecule has 0 aliphatic rings. The Morgan fingerprint density at radius 3 is 2.52 bits per heavy atom. The molecule has 5 aromatic rings. The molecule has 0 saturated carbocycles. The van der Waals surface area contributed by atoms with Crippen molar-refractivity contribution in [1.29, 1.82) is 0 Å². The van der Waals surface area contributed by atoms with E-state index >= 15 is 0 Å². The zero-order chi connectivity index (χ0) is 29.8. The van der Waals surface area contributed by atoms with Crippen LogP contribution in [0.15, 0.2) is 93.2 Å². The number of carbonyl (C=O) groups is 1. The van der Waals surface area contributed by atoms with E-state index in [-0.39, 0.29) is 24.0 Å². The van der Waals surface area contributed by atoms with Crippen molar-refractivity contribution in [2.75, 3.05) is 11.9 Å². The number of ether oxygens (including phenoxy) is 1. The highest BCUT2D eigenvalue weighted by Gasteiger charge is 2.16. The summed E-state index contributed by atoms with van der Waals surface area (Å²) >= 11 is 3.46. The number of amides is 1. The van der Waals surface area contributed by atoms with Crippen LogP contribution in [0.5, 0.6) is 5.75 Å². The van der Waals surface area contributed by atoms with Gasteiger partial charge in [-0.15, -0.1) is 0 Å². The van der Waals surface area contributed by atoms with E-state index in [9.17, 15) is 9.59 Å². The van der Waals surface area contributed by atoms with E-state index in [1.54, 1.807) is 12.3 Å². The lowest BCUT2D eigenvalue weighted by Gasteiger charge is -2.14. The summed E-state index contributed by atoms with van der Waals surface area (Å²) < 4.78 is 10.0. The number of hydrogen-bond acceptors (Lipinski definition) is 5. The van der Waals surface area contributed by atoms with E-state index in [1.807, 2.05) is 93.6 Å². The Hall–Kier alpha value is -4.50. The minimum absolute atomic E-state index is 0.0560. The molecule has 0 aliphatic carbocycles. The number of hydrogen-bond donors (Lipinski definition) is 1. The summed E-state index contributed by atoms with van der Waals surface area (Å²) in [7, 11) is 0. The maximum absolute atomic E-state index is 13.5. The van der Waals surface area contributed by atoms with Gasteiger partial charge in [-0.05, 0) is 80.9 Å². The molecular weight excluding hydrogens is 594 g/mol. The van der Waals surface area contributed by atoms with Gasteiger partial charge in [-0.1, -0.05) is 48.0 Å². The molecule has 1 atom stereocenters. The number of benzene rings is 3. The van der Waals surface area contributed by atoms with Crippen molar-refractivity contribution in [3.63, 3.8) is 0 Å². The number of rotatable bonds is 9. The number of fused-ring (bicyclic) bond motifs is 1. The number of aromatic nitrogens is 3. The van der Waals surface area contributed by atoms with E-state index in [4.69, 9.17) is 9.72 Å². The molecule has 214 valence electrons. The fourth-order valence-electron chi connectivity index (χ4n) is 4.77. The quantitative estimate of drug-likeness (QED) is 0.179. The van der Waals surface area contributed by atoms with Gasteiger partial charge < -0.3 is 14.6 Å². The van der Waals surface area contributed by atoms with Crippen molar-refractivity contribution in [2.45, 2.75) is 40.0 Å². The zero-order valence-electron chi connectivity index (χ0n) is 24.0. The topological polar surface area (TPSA) is 90.5 Å². The molecule has 9 heteroatoms. The first-order chi connectivity index (χ1) is 20.2. The second kappa shape index (κ2) is 12.6. The van der Waals surface area contributed by atoms with Crippen molar-refractivity contribution in [3.8, 4) is 11.4 Å². The highest BCUT2D eigenvalue weighted by atomic mass is 79.9. The number of halogens is 1. The van der Waals surface area contributed by atoms with E-state index in [1.165, 1.54) is 4.68 Å². The predicted octanol–water partition coefficient (Wildman–Crippen LogP) is 6.98. The summed E-state index contributed by atoms with van der Waals surface area (Å²) in [4.78, 5) is 30.5. The van der Waals surface area contributed by atoms with Crippen molar-refractivity contribution in [3.05, 3.63) is 116 Å². The molecule has 0 unspecified atom stereocenters. The van der Waals surface area contributed by atoms with Gasteiger partial charge in [-0.3, -0.25) is 9.59 Å². The maximum atomic E-state index is 13.5. The minimum atomic E-state index is -0.226. The Kier molecular flexibility index (Phi) is 8.68. The number of nitrogens with zero attached hydrogens (tertiary/aromatic N) is 4. The first-order valence-corrected chi connectivity index (χ1v) is 14.6. The molecule has 5 rings (SSSR count). The minimum Gasteiger partial charge on any atom is -0.484 e. The standard InChI is InChI=1S/C33H32BrN5O3/c1-5-21(2)32-37-30-16-11-25(34)18-29(30)33(41)39(32)35-19-24-17-22(3)38(23(24)4)27-12-14-28(15-13-27)42-20-31(40)36-26-9-7-6-8-10-26/h6-19,21H,5,20H2,1-4H3,(H,36,40)/t21-/m1/s1. The van der Waals surface area contributed by atoms with Crippen LogP contribution in [0.4, 0.5) is 5.69 Å². The summed E-state index contributed by atoms with van der Waals surface area (Å²) in [5.41, 5.74) is 5.01. The average Bonchev–Trinajstić information content (AvgIpc) is 3.28. The Morgan fingerprint density at radius 2 is 1.81 bits per heavy atom. The number of carbonyl (C=O) groups excluding carboxylic acids is 1. The van der Waals surface area contributed by atoms with Crippen LogP contribution in [0.25, 0.3) is 16.6 Å². The second-order valence-electron chi connectivity index (χ2n) is 10.2. The largest absolute Gasteiger partial charge is 0.484 e. The van der Waals surface area contributed by atoms with Crippen LogP contribution in [0.3, 0.4) is 0 Å². The first-order valence-electron chi connectivity index (χ1n) is 13.8. The monoisotopic (exact) mass is 625 g/mol. The van der Waals surface area contributed by atoms with Gasteiger partial charge in [-0.2, -0.15) is 9.78 Å². The molecule has 42 heavy (non-hydrogen) atoms. The van der Waals surface area contributed by atoms with Gasteiger partial charge in [0.25, 0.3) is 11.5 Å². The van der Waals surface area contributed by atoms with Crippen LogP contribution in [-0.2, 0) is 4.79 Å². The molecule has 3 aromatic carbocycles. The van der Waals surface area contributed by atoms with Gasteiger partial charge in [0.2, 0.25) is 0 Å². The van der Waals surface area contributed by atoms with Gasteiger partial charge in [0.1, 0.15) is 11.6 Å². The lowest BCUT2D eigenvalue weighted by Crippen LogP contribution is -2.23. The fourth-order valence-corrected chi connectivity index (χ4v) is 5.13. The van der Waals surface area contributed by atoms with Crippen molar-refractivity contribution in [1.82, 2.24) is 14.2 Å². The number of aryl methyl sites for hydroxylation is 1. The molecule has 8 nitrogen and oxygen atoms in total. The van der Waals surface area contributed by atoms with Gasteiger partial charge in [-0.25, -0.2) is 4.98 Å². The molecular formula is C33H32BrN5O3. The highest BCUT2D eigenvalue weighted by molar-refractivity contribution is 9.10. The summed E-state index contributed by atoms with van der Waals surface area (Å²) in [6.07, 6.45) is 2.55. The zero-order valence-corrected chi connectivity index (χ0v) is 25.6. The summed E-state index contributed by atoms with van der Waals surface area (Å²) in [6, 6.07) is 24.4. The Labute approximate surface area is 252 Å². The van der Waals surface area contributed by atoms with Gasteiger partial charge in [0, 0.05) is 38.7 Å². The van der Waals surface area contributed by atoms with Gasteiger partial charge in [0.05, 0.1) is 17.1 Å². The van der Waals surface area contributed by atoms with Crippen LogP contribution in [0, 0.1) is 13.8 Å². The normalized spacial score (nSPS) is 12.1. The molecule has 0 aliphatic heterocycles. The molecule has 0 saturated heterocycles. The Morgan fingerprint density at radius 1 is 1.07 bits per heavy atom. The van der Waals surface area contributed by atoms with E-state index in [2.05, 4.69) is 37.8 Å². The van der Waals surface area contributed by atoms with E-state index in [0.717, 1.165) is 39.2 Å². The Bertz CT molecular complexity index is 1830. The van der Waals surface area contributed by atoms with E-state index in [0.29, 0.717) is 22.5 Å². The average molecular weight is 627 g/mol. The third-order valence-corrected chi connectivity index (χ3v) is 7.68. The van der Waals surface area contributed by atoms with Gasteiger partial charge in [0.15, 0.2) is 6.61 Å².